The van der Waals surface area contributed by atoms with E-state index in [1.54, 1.807) is 6.20 Å². The maximum Gasteiger partial charge on any atom is 0.0925 e. The van der Waals surface area contributed by atoms with Gasteiger partial charge in [0.1, 0.15) is 0 Å². The Labute approximate surface area is 178 Å². The molecule has 0 radical (unpaired) electrons. The van der Waals surface area contributed by atoms with E-state index < -0.39 is 0 Å². The second kappa shape index (κ2) is 9.67. The quantitative estimate of drug-likeness (QED) is 0.575. The summed E-state index contributed by atoms with van der Waals surface area (Å²) < 4.78 is 5.50. The lowest BCUT2D eigenvalue weighted by atomic mass is 9.77. The molecule has 1 aromatic heterocycles. The first kappa shape index (κ1) is 20.9. The lowest BCUT2D eigenvalue weighted by Crippen LogP contribution is -2.39. The minimum Gasteiger partial charge on any atom is -0.388 e. The van der Waals surface area contributed by atoms with Crippen LogP contribution < -0.4 is 11.1 Å². The summed E-state index contributed by atoms with van der Waals surface area (Å²) in [5.41, 5.74) is 10.8. The average molecular weight is 408 g/mol. The number of hydrogen-bond acceptors (Lipinski definition) is 6. The Morgan fingerprint density at radius 1 is 1.27 bits per heavy atom. The number of hydrogen-bond donors (Lipinski definition) is 3. The zero-order chi connectivity index (χ0) is 20.9. The first-order valence-corrected chi connectivity index (χ1v) is 11.2. The van der Waals surface area contributed by atoms with Crippen LogP contribution >= 0.6 is 0 Å². The van der Waals surface area contributed by atoms with Crippen LogP contribution in [-0.2, 0) is 4.74 Å². The number of allylic oxidation sites excluding steroid dienone is 1. The third-order valence-corrected chi connectivity index (χ3v) is 6.45. The molecule has 30 heavy (non-hydrogen) atoms. The molecule has 6 nitrogen and oxygen atoms in total. The van der Waals surface area contributed by atoms with Crippen molar-refractivity contribution in [3.05, 3.63) is 41.9 Å². The van der Waals surface area contributed by atoms with Crippen molar-refractivity contribution < 1.29 is 4.74 Å². The van der Waals surface area contributed by atoms with E-state index in [-0.39, 0.29) is 0 Å². The van der Waals surface area contributed by atoms with Crippen molar-refractivity contribution >= 4 is 22.3 Å². The molecule has 2 fully saturated rings. The number of nitrogens with two attached hydrogens (primary N) is 1. The summed E-state index contributed by atoms with van der Waals surface area (Å²) in [5, 5.41) is 11.7. The third kappa shape index (κ3) is 4.87. The minimum absolute atomic E-state index is 0.482. The van der Waals surface area contributed by atoms with Gasteiger partial charge in [-0.3, -0.25) is 4.98 Å². The third-order valence-electron chi connectivity index (χ3n) is 6.45. The van der Waals surface area contributed by atoms with E-state index in [1.165, 1.54) is 24.8 Å². The molecule has 0 amide bonds. The van der Waals surface area contributed by atoms with Gasteiger partial charge in [-0.1, -0.05) is 6.07 Å². The van der Waals surface area contributed by atoms with Crippen LogP contribution in [0.2, 0.25) is 0 Å². The molecular formula is C24H33N5O. The smallest absolute Gasteiger partial charge is 0.0925 e. The molecule has 160 valence electrons. The Morgan fingerprint density at radius 2 is 2.07 bits per heavy atom. The molecular weight excluding hydrogens is 374 g/mol. The zero-order valence-electron chi connectivity index (χ0n) is 17.9. The highest BCUT2D eigenvalue weighted by Crippen LogP contribution is 2.32. The van der Waals surface area contributed by atoms with E-state index in [1.807, 2.05) is 13.1 Å². The van der Waals surface area contributed by atoms with Gasteiger partial charge < -0.3 is 21.2 Å². The summed E-state index contributed by atoms with van der Waals surface area (Å²) in [6.45, 7) is 4.24. The predicted octanol–water partition coefficient (Wildman–Crippen LogP) is 4.01. The van der Waals surface area contributed by atoms with E-state index in [9.17, 15) is 0 Å². The van der Waals surface area contributed by atoms with Crippen molar-refractivity contribution in [2.24, 2.45) is 11.7 Å². The molecule has 4 N–H and O–H groups in total. The van der Waals surface area contributed by atoms with Gasteiger partial charge in [-0.05, 0) is 81.5 Å². The molecule has 0 bridgehead atoms. The van der Waals surface area contributed by atoms with Gasteiger partial charge in [0.15, 0.2) is 0 Å². The van der Waals surface area contributed by atoms with Crippen LogP contribution in [0.25, 0.3) is 16.6 Å². The summed E-state index contributed by atoms with van der Waals surface area (Å²) in [6.07, 6.45) is 10.6. The average Bonchev–Trinajstić information content (AvgIpc) is 2.74. The van der Waals surface area contributed by atoms with Gasteiger partial charge in [0, 0.05) is 36.7 Å². The second-order valence-corrected chi connectivity index (χ2v) is 8.70. The topological polar surface area (TPSA) is 96.9 Å². The summed E-state index contributed by atoms with van der Waals surface area (Å²) >= 11 is 0. The van der Waals surface area contributed by atoms with E-state index >= 15 is 0 Å². The SMILES string of the molecule is CC(=N)/C(=C\NC1CC(CCCN)C1)c1cnc2ccc(C3CCOCC3)cc2n1. The van der Waals surface area contributed by atoms with Crippen molar-refractivity contribution in [3.8, 4) is 0 Å². The van der Waals surface area contributed by atoms with Crippen LogP contribution in [0.4, 0.5) is 0 Å². The number of benzene rings is 1. The lowest BCUT2D eigenvalue weighted by Gasteiger charge is -2.35. The van der Waals surface area contributed by atoms with Crippen LogP contribution in [0.15, 0.2) is 30.6 Å². The van der Waals surface area contributed by atoms with Crippen molar-refractivity contribution in [3.63, 3.8) is 0 Å². The van der Waals surface area contributed by atoms with Crippen LogP contribution in [-0.4, -0.2) is 41.5 Å². The summed E-state index contributed by atoms with van der Waals surface area (Å²) in [7, 11) is 0. The molecule has 2 aromatic rings. The van der Waals surface area contributed by atoms with Crippen molar-refractivity contribution in [2.75, 3.05) is 19.8 Å². The molecule has 2 heterocycles. The largest absolute Gasteiger partial charge is 0.388 e. The van der Waals surface area contributed by atoms with E-state index in [2.05, 4.69) is 28.5 Å². The Kier molecular flexibility index (Phi) is 6.75. The van der Waals surface area contributed by atoms with Gasteiger partial charge in [0.2, 0.25) is 0 Å². The maximum absolute atomic E-state index is 8.25. The van der Waals surface area contributed by atoms with Gasteiger partial charge in [0.25, 0.3) is 0 Å². The second-order valence-electron chi connectivity index (χ2n) is 8.70. The summed E-state index contributed by atoms with van der Waals surface area (Å²) in [4.78, 5) is 9.49. The van der Waals surface area contributed by atoms with Gasteiger partial charge in [-0.15, -0.1) is 0 Å². The Morgan fingerprint density at radius 3 is 2.80 bits per heavy atom. The number of nitrogens with zero attached hydrogens (tertiary/aromatic N) is 2. The Balaban J connectivity index is 1.49. The molecule has 1 aliphatic heterocycles. The Hall–Kier alpha value is -2.31. The number of ether oxygens (including phenoxy) is 1. The molecule has 1 saturated carbocycles. The van der Waals surface area contributed by atoms with Crippen LogP contribution in [0, 0.1) is 11.3 Å². The molecule has 0 atom stereocenters. The fourth-order valence-corrected chi connectivity index (χ4v) is 4.53. The van der Waals surface area contributed by atoms with Crippen molar-refractivity contribution in [1.82, 2.24) is 15.3 Å². The van der Waals surface area contributed by atoms with Crippen molar-refractivity contribution in [2.45, 2.75) is 57.4 Å². The first-order chi connectivity index (χ1) is 14.6. The number of fused-ring (bicyclic) bond motifs is 1. The fourth-order valence-electron chi connectivity index (χ4n) is 4.53. The van der Waals surface area contributed by atoms with Crippen LogP contribution in [0.3, 0.4) is 0 Å². The molecule has 0 spiro atoms. The fraction of sp³-hybridized carbons (Fsp3) is 0.542. The summed E-state index contributed by atoms with van der Waals surface area (Å²) in [5.74, 6) is 1.31. The normalized spacial score (nSPS) is 22.7. The number of nitrogens with one attached hydrogen (secondary N) is 2. The molecule has 4 rings (SSSR count). The highest BCUT2D eigenvalue weighted by molar-refractivity contribution is 6.20. The first-order valence-electron chi connectivity index (χ1n) is 11.2. The van der Waals surface area contributed by atoms with Gasteiger partial charge >= 0.3 is 0 Å². The monoisotopic (exact) mass is 407 g/mol. The molecule has 1 aromatic carbocycles. The van der Waals surface area contributed by atoms with Crippen LogP contribution in [0.1, 0.15) is 62.6 Å². The number of aromatic nitrogens is 2. The standard InChI is InChI=1S/C24H33N5O/c1-16(26)21(14-27-20-11-17(12-20)3-2-8-25)24-15-28-22-5-4-19(13-23(22)29-24)18-6-9-30-10-7-18/h4-5,13-15,17-18,20,26-27H,2-3,6-12,25H2,1H3/b21-14+,26-16?. The van der Waals surface area contributed by atoms with Crippen LogP contribution in [0.5, 0.6) is 0 Å². The molecule has 1 aliphatic carbocycles. The lowest BCUT2D eigenvalue weighted by molar-refractivity contribution is 0.0853. The van der Waals surface area contributed by atoms with Crippen molar-refractivity contribution in [1.29, 1.82) is 5.41 Å². The zero-order valence-corrected chi connectivity index (χ0v) is 17.9. The van der Waals surface area contributed by atoms with E-state index in [0.717, 1.165) is 67.2 Å². The molecule has 2 aliphatic rings. The predicted molar refractivity (Wildman–Crippen MR) is 122 cm³/mol. The molecule has 0 unspecified atom stereocenters. The van der Waals surface area contributed by atoms with Gasteiger partial charge in [-0.2, -0.15) is 0 Å². The van der Waals surface area contributed by atoms with E-state index in [4.69, 9.17) is 20.9 Å². The minimum atomic E-state index is 0.482. The summed E-state index contributed by atoms with van der Waals surface area (Å²) in [6, 6.07) is 6.88. The molecule has 6 heteroatoms. The molecule has 1 saturated heterocycles. The van der Waals surface area contributed by atoms with E-state index in [0.29, 0.717) is 17.7 Å². The highest BCUT2D eigenvalue weighted by atomic mass is 16.5. The Bertz CT molecular complexity index is 913. The number of rotatable bonds is 8. The van der Waals surface area contributed by atoms with Gasteiger partial charge in [-0.25, -0.2) is 4.98 Å². The maximum atomic E-state index is 8.25. The highest BCUT2D eigenvalue weighted by Gasteiger charge is 2.27. The van der Waals surface area contributed by atoms with Gasteiger partial charge in [0.05, 0.1) is 22.9 Å².